The van der Waals surface area contributed by atoms with Crippen LogP contribution in [0.2, 0.25) is 5.02 Å². The Balaban J connectivity index is 1.35. The third-order valence-corrected chi connectivity index (χ3v) is 5.56. The Morgan fingerprint density at radius 3 is 2.55 bits per heavy atom. The van der Waals surface area contributed by atoms with Gasteiger partial charge in [-0.05, 0) is 42.7 Å². The number of rotatable bonds is 8. The summed E-state index contributed by atoms with van der Waals surface area (Å²) in [6.07, 6.45) is 2.79. The number of hydrogen-bond donors (Lipinski definition) is 1. The van der Waals surface area contributed by atoms with E-state index in [1.807, 2.05) is 24.3 Å². The number of benzene rings is 2. The second-order valence-electron chi connectivity index (χ2n) is 7.43. The molecule has 0 atom stereocenters. The molecule has 1 aliphatic carbocycles. The van der Waals surface area contributed by atoms with Crippen molar-refractivity contribution in [2.45, 2.75) is 25.0 Å². The van der Waals surface area contributed by atoms with E-state index in [0.29, 0.717) is 28.6 Å². The standard InChI is InChI=1S/C23H23ClN2O5/c1-28-16-5-3-15(4-6-16)13-30-22(27)26-23(8-9-23)14-31-21-12-19-17(11-20(21)29-2)18(24)7-10-25-19/h3-7,10-12H,8-9,13-14H2,1-2H3,(H,26,27). The molecule has 1 heterocycles. The summed E-state index contributed by atoms with van der Waals surface area (Å²) in [7, 11) is 3.18. The number of methoxy groups -OCH3 is 2. The third-order valence-electron chi connectivity index (χ3n) is 5.23. The van der Waals surface area contributed by atoms with E-state index in [-0.39, 0.29) is 6.61 Å². The molecule has 0 radical (unpaired) electrons. The number of fused-ring (bicyclic) bond motifs is 1. The first-order valence-electron chi connectivity index (χ1n) is 9.85. The molecule has 8 heteroatoms. The number of ether oxygens (including phenoxy) is 4. The highest BCUT2D eigenvalue weighted by molar-refractivity contribution is 6.35. The van der Waals surface area contributed by atoms with Gasteiger partial charge in [-0.2, -0.15) is 0 Å². The lowest BCUT2D eigenvalue weighted by Gasteiger charge is -2.19. The monoisotopic (exact) mass is 442 g/mol. The molecule has 1 saturated carbocycles. The van der Waals surface area contributed by atoms with Crippen LogP contribution < -0.4 is 19.5 Å². The van der Waals surface area contributed by atoms with E-state index in [4.69, 9.17) is 30.5 Å². The Hall–Kier alpha value is -3.19. The number of hydrogen-bond acceptors (Lipinski definition) is 6. The number of carbonyl (C=O) groups is 1. The SMILES string of the molecule is COc1ccc(COC(=O)NC2(COc3cc4nccc(Cl)c4cc3OC)CC2)cc1. The molecule has 0 bridgehead atoms. The number of carbonyl (C=O) groups excluding carboxylic acids is 1. The normalized spacial score (nSPS) is 14.0. The fourth-order valence-electron chi connectivity index (χ4n) is 3.19. The van der Waals surface area contributed by atoms with E-state index in [9.17, 15) is 4.79 Å². The lowest BCUT2D eigenvalue weighted by atomic mass is 10.2. The Kier molecular flexibility index (Phi) is 6.04. The molecule has 0 spiro atoms. The Bertz CT molecular complexity index is 1080. The van der Waals surface area contributed by atoms with Crippen molar-refractivity contribution in [2.24, 2.45) is 0 Å². The summed E-state index contributed by atoms with van der Waals surface area (Å²) in [6, 6.07) is 12.7. The molecule has 162 valence electrons. The molecule has 1 aromatic heterocycles. The first kappa shape index (κ1) is 21.1. The highest BCUT2D eigenvalue weighted by atomic mass is 35.5. The lowest BCUT2D eigenvalue weighted by molar-refractivity contribution is 0.128. The Labute approximate surface area is 185 Å². The van der Waals surface area contributed by atoms with Crippen molar-refractivity contribution in [3.63, 3.8) is 0 Å². The predicted molar refractivity (Wildman–Crippen MR) is 117 cm³/mol. The minimum atomic E-state index is -0.476. The highest BCUT2D eigenvalue weighted by Gasteiger charge is 2.45. The molecule has 1 amide bonds. The molecule has 7 nitrogen and oxygen atoms in total. The van der Waals surface area contributed by atoms with Crippen LogP contribution in [0.1, 0.15) is 18.4 Å². The average Bonchev–Trinajstić information content (AvgIpc) is 3.55. The van der Waals surface area contributed by atoms with Gasteiger partial charge in [-0.3, -0.25) is 4.98 Å². The van der Waals surface area contributed by atoms with Crippen LogP contribution in [0, 0.1) is 0 Å². The smallest absolute Gasteiger partial charge is 0.408 e. The third kappa shape index (κ3) is 4.94. The summed E-state index contributed by atoms with van der Waals surface area (Å²) < 4.78 is 21.9. The summed E-state index contributed by atoms with van der Waals surface area (Å²) in [6.45, 7) is 0.477. The fraction of sp³-hybridized carbons (Fsp3) is 0.304. The van der Waals surface area contributed by atoms with Gasteiger partial charge >= 0.3 is 6.09 Å². The second kappa shape index (κ2) is 8.89. The van der Waals surface area contributed by atoms with E-state index >= 15 is 0 Å². The van der Waals surface area contributed by atoms with Crippen molar-refractivity contribution in [3.8, 4) is 17.2 Å². The van der Waals surface area contributed by atoms with Crippen molar-refractivity contribution < 1.29 is 23.7 Å². The van der Waals surface area contributed by atoms with Gasteiger partial charge < -0.3 is 24.3 Å². The van der Waals surface area contributed by atoms with Gasteiger partial charge in [0.2, 0.25) is 0 Å². The number of halogens is 1. The Morgan fingerprint density at radius 1 is 1.10 bits per heavy atom. The maximum absolute atomic E-state index is 12.3. The van der Waals surface area contributed by atoms with E-state index < -0.39 is 11.6 Å². The van der Waals surface area contributed by atoms with Crippen molar-refractivity contribution in [1.29, 1.82) is 0 Å². The van der Waals surface area contributed by atoms with E-state index in [0.717, 1.165) is 29.5 Å². The maximum Gasteiger partial charge on any atom is 0.408 e. The number of nitrogens with one attached hydrogen (secondary N) is 1. The van der Waals surface area contributed by atoms with Crippen LogP contribution in [-0.2, 0) is 11.3 Å². The second-order valence-corrected chi connectivity index (χ2v) is 7.84. The van der Waals surface area contributed by atoms with Crippen LogP contribution in [0.3, 0.4) is 0 Å². The zero-order valence-corrected chi connectivity index (χ0v) is 18.1. The summed E-state index contributed by atoms with van der Waals surface area (Å²) in [5.41, 5.74) is 1.14. The first-order valence-corrected chi connectivity index (χ1v) is 10.2. The van der Waals surface area contributed by atoms with Gasteiger partial charge in [0, 0.05) is 17.6 Å². The maximum atomic E-state index is 12.3. The van der Waals surface area contributed by atoms with Crippen LogP contribution in [0.15, 0.2) is 48.7 Å². The van der Waals surface area contributed by atoms with Gasteiger partial charge in [-0.15, -0.1) is 0 Å². The lowest BCUT2D eigenvalue weighted by Crippen LogP contribution is -2.41. The van der Waals surface area contributed by atoms with Crippen molar-refractivity contribution in [2.75, 3.05) is 20.8 Å². The minimum absolute atomic E-state index is 0.178. The number of alkyl carbamates (subject to hydrolysis) is 1. The van der Waals surface area contributed by atoms with E-state index in [2.05, 4.69) is 10.3 Å². The summed E-state index contributed by atoms with van der Waals surface area (Å²) in [4.78, 5) is 16.6. The summed E-state index contributed by atoms with van der Waals surface area (Å²) in [5, 5.41) is 4.30. The van der Waals surface area contributed by atoms with Gasteiger partial charge in [0.05, 0.1) is 30.3 Å². The van der Waals surface area contributed by atoms with Crippen molar-refractivity contribution >= 4 is 28.6 Å². The molecule has 1 aliphatic rings. The molecular weight excluding hydrogens is 420 g/mol. The molecule has 31 heavy (non-hydrogen) atoms. The number of aromatic nitrogens is 1. The van der Waals surface area contributed by atoms with Gasteiger partial charge in [0.15, 0.2) is 11.5 Å². The molecule has 2 aromatic carbocycles. The van der Waals surface area contributed by atoms with Gasteiger partial charge in [0.1, 0.15) is 19.0 Å². The predicted octanol–water partition coefficient (Wildman–Crippen LogP) is 4.74. The van der Waals surface area contributed by atoms with Gasteiger partial charge in [-0.25, -0.2) is 4.79 Å². The molecule has 0 unspecified atom stereocenters. The molecule has 4 rings (SSSR count). The van der Waals surface area contributed by atoms with Gasteiger partial charge in [0.25, 0.3) is 0 Å². The summed E-state index contributed by atoms with van der Waals surface area (Å²) in [5.74, 6) is 1.86. The van der Waals surface area contributed by atoms with Gasteiger partial charge in [-0.1, -0.05) is 23.7 Å². The molecule has 0 aliphatic heterocycles. The first-order chi connectivity index (χ1) is 15.0. The molecule has 0 saturated heterocycles. The largest absolute Gasteiger partial charge is 0.497 e. The van der Waals surface area contributed by atoms with E-state index in [1.54, 1.807) is 38.6 Å². The van der Waals surface area contributed by atoms with Crippen LogP contribution in [0.25, 0.3) is 10.9 Å². The summed E-state index contributed by atoms with van der Waals surface area (Å²) >= 11 is 6.24. The fourth-order valence-corrected chi connectivity index (χ4v) is 3.40. The van der Waals surface area contributed by atoms with Crippen LogP contribution >= 0.6 is 11.6 Å². The quantitative estimate of drug-likeness (QED) is 0.542. The molecule has 3 aromatic rings. The average molecular weight is 443 g/mol. The minimum Gasteiger partial charge on any atom is -0.497 e. The number of amides is 1. The van der Waals surface area contributed by atoms with Crippen LogP contribution in [0.5, 0.6) is 17.2 Å². The number of nitrogens with zero attached hydrogens (tertiary/aromatic N) is 1. The highest BCUT2D eigenvalue weighted by Crippen LogP contribution is 2.39. The molecule has 1 N–H and O–H groups in total. The molecular formula is C23H23ClN2O5. The Morgan fingerprint density at radius 2 is 1.87 bits per heavy atom. The van der Waals surface area contributed by atoms with Crippen molar-refractivity contribution in [3.05, 3.63) is 59.2 Å². The van der Waals surface area contributed by atoms with Crippen LogP contribution in [0.4, 0.5) is 4.79 Å². The molecule has 1 fully saturated rings. The zero-order chi connectivity index (χ0) is 21.8. The van der Waals surface area contributed by atoms with Crippen LogP contribution in [-0.4, -0.2) is 37.4 Å². The van der Waals surface area contributed by atoms with E-state index in [1.165, 1.54) is 0 Å². The topological polar surface area (TPSA) is 78.9 Å². The zero-order valence-electron chi connectivity index (χ0n) is 17.3. The number of pyridine rings is 1. The van der Waals surface area contributed by atoms with Crippen molar-refractivity contribution in [1.82, 2.24) is 10.3 Å².